The minimum Gasteiger partial charge on any atom is -0.481 e. The van der Waals surface area contributed by atoms with Crippen molar-refractivity contribution in [1.29, 1.82) is 0 Å². The maximum Gasteiger partial charge on any atom is 0.407 e. The number of carbonyl (C=O) groups excluding carboxylic acids is 1. The first kappa shape index (κ1) is 44.3. The molecule has 0 aromatic carbocycles. The molecule has 274 valence electrons. The Morgan fingerprint density at radius 3 is 0.913 bits per heavy atom. The van der Waals surface area contributed by atoms with Gasteiger partial charge >= 0.3 is 12.1 Å². The molecule has 0 heterocycles. The minimum atomic E-state index is -0.877. The number of nitrogens with one attached hydrogen (secondary N) is 1. The van der Waals surface area contributed by atoms with Gasteiger partial charge in [0.25, 0.3) is 0 Å². The van der Waals surface area contributed by atoms with Crippen molar-refractivity contribution in [2.75, 3.05) is 152 Å². The van der Waals surface area contributed by atoms with Gasteiger partial charge in [0, 0.05) is 6.54 Å². The summed E-state index contributed by atoms with van der Waals surface area (Å²) in [6.07, 6.45) is -0.463. The van der Waals surface area contributed by atoms with Crippen molar-refractivity contribution < 1.29 is 71.5 Å². The third-order valence-corrected chi connectivity index (χ3v) is 5.09. The number of amides is 1. The number of carbonyl (C=O) groups is 2. The lowest BCUT2D eigenvalue weighted by molar-refractivity contribution is -0.138. The van der Waals surface area contributed by atoms with E-state index in [0.29, 0.717) is 145 Å². The van der Waals surface area contributed by atoms with Crippen molar-refractivity contribution in [2.45, 2.75) is 32.8 Å². The fourth-order valence-electron chi connectivity index (χ4n) is 3.00. The minimum absolute atomic E-state index is 0.00587. The summed E-state index contributed by atoms with van der Waals surface area (Å²) in [6, 6.07) is 0. The standard InChI is InChI=1S/C30H59NO15/c1-30(2,3)46-29(34)31-5-7-36-9-11-38-13-15-40-17-19-42-21-23-44-25-27-45-26-24-43-22-20-41-18-16-39-14-12-37-10-8-35-6-4-28(32)33/h4-27H2,1-3H3,(H,31,34)(H,32,33). The van der Waals surface area contributed by atoms with Crippen LogP contribution in [-0.4, -0.2) is 175 Å². The zero-order valence-electron chi connectivity index (χ0n) is 28.1. The highest BCUT2D eigenvalue weighted by Crippen LogP contribution is 2.06. The van der Waals surface area contributed by atoms with E-state index in [4.69, 9.17) is 61.9 Å². The second-order valence-corrected chi connectivity index (χ2v) is 10.3. The van der Waals surface area contributed by atoms with Crippen molar-refractivity contribution in [3.05, 3.63) is 0 Å². The summed E-state index contributed by atoms with van der Waals surface area (Å²) in [7, 11) is 0. The van der Waals surface area contributed by atoms with E-state index in [-0.39, 0.29) is 13.0 Å². The molecule has 1 amide bonds. The quantitative estimate of drug-likeness (QED) is 0.0906. The lowest BCUT2D eigenvalue weighted by Crippen LogP contribution is -2.34. The van der Waals surface area contributed by atoms with Gasteiger partial charge in [0.2, 0.25) is 0 Å². The van der Waals surface area contributed by atoms with E-state index in [1.807, 2.05) is 20.8 Å². The number of hydrogen-bond donors (Lipinski definition) is 2. The topological polar surface area (TPSA) is 177 Å². The Hall–Kier alpha value is -1.70. The Labute approximate surface area is 273 Å². The van der Waals surface area contributed by atoms with Crippen LogP contribution in [0.5, 0.6) is 0 Å². The molecule has 0 saturated carbocycles. The Balaban J connectivity index is 3.10. The zero-order chi connectivity index (χ0) is 33.8. The molecule has 0 aromatic rings. The van der Waals surface area contributed by atoms with Gasteiger partial charge in [-0.15, -0.1) is 0 Å². The van der Waals surface area contributed by atoms with Crippen LogP contribution in [0.1, 0.15) is 27.2 Å². The highest BCUT2D eigenvalue weighted by atomic mass is 16.6. The molecule has 0 spiro atoms. The molecular formula is C30H59NO15. The van der Waals surface area contributed by atoms with Gasteiger partial charge < -0.3 is 67.3 Å². The number of alkyl carbamates (subject to hydrolysis) is 1. The maximum atomic E-state index is 11.5. The molecule has 0 unspecified atom stereocenters. The number of hydrogen-bond acceptors (Lipinski definition) is 14. The molecule has 0 bridgehead atoms. The van der Waals surface area contributed by atoms with E-state index in [1.165, 1.54) is 0 Å². The predicted octanol–water partition coefficient (Wildman–Crippen LogP) is 1.17. The Bertz CT molecular complexity index is 667. The molecule has 0 saturated heterocycles. The van der Waals surface area contributed by atoms with Gasteiger partial charge in [-0.3, -0.25) is 4.79 Å². The maximum absolute atomic E-state index is 11.5. The molecule has 0 rings (SSSR count). The molecular weight excluding hydrogens is 614 g/mol. The van der Waals surface area contributed by atoms with E-state index in [2.05, 4.69) is 5.32 Å². The number of ether oxygens (including phenoxy) is 12. The fraction of sp³-hybridized carbons (Fsp3) is 0.933. The first-order chi connectivity index (χ1) is 22.3. The highest BCUT2D eigenvalue weighted by Gasteiger charge is 2.15. The summed E-state index contributed by atoms with van der Waals surface area (Å²) in [6.45, 7) is 15.6. The van der Waals surface area contributed by atoms with Crippen molar-refractivity contribution in [3.63, 3.8) is 0 Å². The first-order valence-corrected chi connectivity index (χ1v) is 15.8. The smallest absolute Gasteiger partial charge is 0.407 e. The SMILES string of the molecule is CC(C)(C)OC(=O)NCCOCCOCCOCCOCCOCCOCCOCCOCCOCCOCCOCCC(=O)O. The third kappa shape index (κ3) is 40.3. The largest absolute Gasteiger partial charge is 0.481 e. The first-order valence-electron chi connectivity index (χ1n) is 15.8. The van der Waals surface area contributed by atoms with E-state index < -0.39 is 17.7 Å². The van der Waals surface area contributed by atoms with Crippen LogP contribution in [0.2, 0.25) is 0 Å². The molecule has 46 heavy (non-hydrogen) atoms. The Kier molecular flexibility index (Phi) is 33.3. The predicted molar refractivity (Wildman–Crippen MR) is 165 cm³/mol. The molecule has 0 atom stereocenters. The van der Waals surface area contributed by atoms with Crippen LogP contribution in [-0.2, 0) is 61.6 Å². The van der Waals surface area contributed by atoms with Crippen LogP contribution < -0.4 is 5.32 Å². The third-order valence-electron chi connectivity index (χ3n) is 5.09. The van der Waals surface area contributed by atoms with Crippen LogP contribution in [0.15, 0.2) is 0 Å². The summed E-state index contributed by atoms with van der Waals surface area (Å²) >= 11 is 0. The average molecular weight is 674 g/mol. The molecule has 16 heteroatoms. The second kappa shape index (κ2) is 34.6. The number of carboxylic acid groups (broad SMARTS) is 1. The van der Waals surface area contributed by atoms with Crippen molar-refractivity contribution >= 4 is 12.1 Å². The van der Waals surface area contributed by atoms with Gasteiger partial charge in [0.15, 0.2) is 0 Å². The van der Waals surface area contributed by atoms with E-state index in [0.717, 1.165) is 0 Å². The molecule has 0 aliphatic rings. The summed E-state index contributed by atoms with van der Waals surface area (Å²) in [5.41, 5.74) is -0.515. The number of aliphatic carboxylic acids is 1. The molecule has 16 nitrogen and oxygen atoms in total. The van der Waals surface area contributed by atoms with Crippen molar-refractivity contribution in [1.82, 2.24) is 5.32 Å². The fourth-order valence-corrected chi connectivity index (χ4v) is 3.00. The number of carboxylic acids is 1. The molecule has 0 aromatic heterocycles. The van der Waals surface area contributed by atoms with Gasteiger partial charge in [-0.05, 0) is 20.8 Å². The molecule has 0 aliphatic carbocycles. The second-order valence-electron chi connectivity index (χ2n) is 10.3. The van der Waals surface area contributed by atoms with Crippen molar-refractivity contribution in [2.24, 2.45) is 0 Å². The van der Waals surface area contributed by atoms with Crippen LogP contribution in [0.3, 0.4) is 0 Å². The summed E-state index contributed by atoms with van der Waals surface area (Å²) in [5, 5.41) is 11.1. The van der Waals surface area contributed by atoms with Crippen LogP contribution in [0.4, 0.5) is 4.79 Å². The van der Waals surface area contributed by atoms with Gasteiger partial charge in [0.05, 0.1) is 152 Å². The van der Waals surface area contributed by atoms with Crippen LogP contribution in [0, 0.1) is 0 Å². The normalized spacial score (nSPS) is 11.6. The Morgan fingerprint density at radius 1 is 0.435 bits per heavy atom. The lowest BCUT2D eigenvalue weighted by atomic mass is 10.2. The highest BCUT2D eigenvalue weighted by molar-refractivity contribution is 5.67. The Morgan fingerprint density at radius 2 is 0.674 bits per heavy atom. The number of rotatable bonds is 36. The van der Waals surface area contributed by atoms with Gasteiger partial charge in [-0.2, -0.15) is 0 Å². The molecule has 0 aliphatic heterocycles. The summed E-state index contributed by atoms with van der Waals surface area (Å²) in [5.74, 6) is -0.877. The average Bonchev–Trinajstić information content (AvgIpc) is 2.99. The monoisotopic (exact) mass is 673 g/mol. The van der Waals surface area contributed by atoms with Crippen LogP contribution in [0.25, 0.3) is 0 Å². The van der Waals surface area contributed by atoms with E-state index >= 15 is 0 Å². The van der Waals surface area contributed by atoms with Gasteiger partial charge in [0.1, 0.15) is 5.60 Å². The van der Waals surface area contributed by atoms with E-state index in [9.17, 15) is 9.59 Å². The summed E-state index contributed by atoms with van der Waals surface area (Å²) in [4.78, 5) is 21.8. The molecule has 0 fully saturated rings. The molecule has 0 radical (unpaired) electrons. The lowest BCUT2D eigenvalue weighted by Gasteiger charge is -2.19. The van der Waals surface area contributed by atoms with Gasteiger partial charge in [-0.1, -0.05) is 0 Å². The van der Waals surface area contributed by atoms with E-state index in [1.54, 1.807) is 0 Å². The summed E-state index contributed by atoms with van der Waals surface area (Å²) < 4.78 is 64.4. The molecule has 2 N–H and O–H groups in total. The van der Waals surface area contributed by atoms with Crippen molar-refractivity contribution in [3.8, 4) is 0 Å². The zero-order valence-corrected chi connectivity index (χ0v) is 28.1. The van der Waals surface area contributed by atoms with Gasteiger partial charge in [-0.25, -0.2) is 4.79 Å². The van der Waals surface area contributed by atoms with Crippen LogP contribution >= 0.6 is 0 Å².